The molecule has 0 aliphatic carbocycles. The van der Waals surface area contributed by atoms with Crippen LogP contribution >= 0.6 is 0 Å². The fraction of sp³-hybridized carbons (Fsp3) is 0.333. The number of nitrogens with zero attached hydrogens (tertiary/aromatic N) is 1. The van der Waals surface area contributed by atoms with Gasteiger partial charge in [0.2, 0.25) is 0 Å². The first kappa shape index (κ1) is 14.9. The first-order valence-electron chi connectivity index (χ1n) is 6.74. The second kappa shape index (κ2) is 5.87. The first-order chi connectivity index (χ1) is 9.95. The van der Waals surface area contributed by atoms with Gasteiger partial charge in [0.25, 0.3) is 5.91 Å². The average molecular weight is 290 g/mol. The van der Waals surface area contributed by atoms with E-state index in [0.717, 1.165) is 0 Å². The Hall–Kier alpha value is -2.50. The summed E-state index contributed by atoms with van der Waals surface area (Å²) in [4.78, 5) is 11.9. The molecule has 1 aromatic heterocycles. The fourth-order valence-electron chi connectivity index (χ4n) is 2.11. The minimum Gasteiger partial charge on any atom is -0.508 e. The van der Waals surface area contributed by atoms with E-state index in [4.69, 9.17) is 4.52 Å². The van der Waals surface area contributed by atoms with Crippen molar-refractivity contribution in [3.05, 3.63) is 29.7 Å². The number of nitrogens with one attached hydrogen (secondary N) is 1. The lowest BCUT2D eigenvalue weighted by molar-refractivity contribution is 0.0947. The molecule has 0 aliphatic rings. The van der Waals surface area contributed by atoms with Crippen LogP contribution in [0.5, 0.6) is 11.5 Å². The molecule has 0 bridgehead atoms. The Morgan fingerprint density at radius 2 is 2.00 bits per heavy atom. The Morgan fingerprint density at radius 3 is 2.62 bits per heavy atom. The van der Waals surface area contributed by atoms with Crippen LogP contribution in [0.15, 0.2) is 22.9 Å². The molecule has 6 nitrogen and oxygen atoms in total. The number of aromatic nitrogens is 1. The highest BCUT2D eigenvalue weighted by molar-refractivity contribution is 5.99. The van der Waals surface area contributed by atoms with E-state index in [1.54, 1.807) is 13.0 Å². The molecule has 1 amide bonds. The summed E-state index contributed by atoms with van der Waals surface area (Å²) in [7, 11) is 0. The monoisotopic (exact) mass is 290 g/mol. The SMILES string of the molecule is CCNC(=O)c1nocc1-c1cc(C(C)C)c(O)cc1O. The van der Waals surface area contributed by atoms with E-state index in [9.17, 15) is 15.0 Å². The Labute approximate surface area is 122 Å². The van der Waals surface area contributed by atoms with Crippen molar-refractivity contribution in [1.82, 2.24) is 10.5 Å². The summed E-state index contributed by atoms with van der Waals surface area (Å²) in [5.74, 6) is -0.426. The summed E-state index contributed by atoms with van der Waals surface area (Å²) < 4.78 is 4.87. The minimum atomic E-state index is -0.375. The predicted octanol–water partition coefficient (Wildman–Crippen LogP) is 2.63. The van der Waals surface area contributed by atoms with Crippen LogP contribution in [0.3, 0.4) is 0 Å². The number of hydrogen-bond donors (Lipinski definition) is 3. The lowest BCUT2D eigenvalue weighted by atomic mass is 9.95. The van der Waals surface area contributed by atoms with Crippen molar-refractivity contribution >= 4 is 5.91 Å². The third kappa shape index (κ3) is 2.84. The molecule has 6 heteroatoms. The number of carbonyl (C=O) groups is 1. The van der Waals surface area contributed by atoms with Gasteiger partial charge >= 0.3 is 0 Å². The maximum atomic E-state index is 11.9. The van der Waals surface area contributed by atoms with Gasteiger partial charge in [-0.25, -0.2) is 0 Å². The van der Waals surface area contributed by atoms with Crippen molar-refractivity contribution in [1.29, 1.82) is 0 Å². The molecule has 1 aromatic carbocycles. The van der Waals surface area contributed by atoms with Crippen molar-refractivity contribution in [2.75, 3.05) is 6.54 Å². The molecular formula is C15H18N2O4. The van der Waals surface area contributed by atoms with Crippen LogP contribution in [0.25, 0.3) is 11.1 Å². The lowest BCUT2D eigenvalue weighted by Crippen LogP contribution is -2.23. The largest absolute Gasteiger partial charge is 0.508 e. The molecule has 2 rings (SSSR count). The summed E-state index contributed by atoms with van der Waals surface area (Å²) >= 11 is 0. The summed E-state index contributed by atoms with van der Waals surface area (Å²) in [5, 5.41) is 26.2. The Bertz CT molecular complexity index is 662. The van der Waals surface area contributed by atoms with Gasteiger partial charge in [0.1, 0.15) is 17.8 Å². The minimum absolute atomic E-state index is 0.0160. The van der Waals surface area contributed by atoms with Gasteiger partial charge in [-0.05, 0) is 24.5 Å². The summed E-state index contributed by atoms with van der Waals surface area (Å²) in [6.07, 6.45) is 1.31. The third-order valence-corrected chi connectivity index (χ3v) is 3.18. The molecule has 0 aliphatic heterocycles. The van der Waals surface area contributed by atoms with Gasteiger partial charge in [0.15, 0.2) is 5.69 Å². The maximum absolute atomic E-state index is 11.9. The van der Waals surface area contributed by atoms with Crippen LogP contribution < -0.4 is 5.32 Å². The van der Waals surface area contributed by atoms with E-state index < -0.39 is 0 Å². The molecule has 0 radical (unpaired) electrons. The molecule has 0 atom stereocenters. The molecule has 0 unspecified atom stereocenters. The topological polar surface area (TPSA) is 95.6 Å². The van der Waals surface area contributed by atoms with Crippen LogP contribution in [0.2, 0.25) is 0 Å². The smallest absolute Gasteiger partial charge is 0.274 e. The first-order valence-corrected chi connectivity index (χ1v) is 6.74. The molecular weight excluding hydrogens is 272 g/mol. The van der Waals surface area contributed by atoms with E-state index in [-0.39, 0.29) is 29.0 Å². The normalized spacial score (nSPS) is 10.9. The molecule has 0 fully saturated rings. The third-order valence-electron chi connectivity index (χ3n) is 3.18. The van der Waals surface area contributed by atoms with Gasteiger partial charge < -0.3 is 20.1 Å². The van der Waals surface area contributed by atoms with Crippen LogP contribution in [-0.4, -0.2) is 27.8 Å². The van der Waals surface area contributed by atoms with Gasteiger partial charge in [0.05, 0.1) is 5.56 Å². The van der Waals surface area contributed by atoms with Crippen LogP contribution in [0.4, 0.5) is 0 Å². The molecule has 21 heavy (non-hydrogen) atoms. The van der Waals surface area contributed by atoms with Crippen molar-refractivity contribution in [3.8, 4) is 22.6 Å². The number of phenolic OH excluding ortho intramolecular Hbond substituents is 2. The quantitative estimate of drug-likeness (QED) is 0.804. The highest BCUT2D eigenvalue weighted by Gasteiger charge is 2.21. The number of rotatable bonds is 4. The van der Waals surface area contributed by atoms with Gasteiger partial charge in [-0.1, -0.05) is 19.0 Å². The highest BCUT2D eigenvalue weighted by atomic mass is 16.5. The van der Waals surface area contributed by atoms with Crippen LogP contribution in [-0.2, 0) is 0 Å². The number of carbonyl (C=O) groups excluding carboxylic acids is 1. The molecule has 3 N–H and O–H groups in total. The maximum Gasteiger partial charge on any atom is 0.274 e. The Balaban J connectivity index is 2.55. The molecule has 0 spiro atoms. The van der Waals surface area contributed by atoms with Crippen molar-refractivity contribution in [2.45, 2.75) is 26.7 Å². The molecule has 112 valence electrons. The van der Waals surface area contributed by atoms with Crippen LogP contribution in [0.1, 0.15) is 42.7 Å². The van der Waals surface area contributed by atoms with Crippen molar-refractivity contribution in [3.63, 3.8) is 0 Å². The van der Waals surface area contributed by atoms with Crippen LogP contribution in [0, 0.1) is 0 Å². The van der Waals surface area contributed by atoms with Gasteiger partial charge in [0, 0.05) is 18.2 Å². The Kier molecular flexibility index (Phi) is 4.16. The predicted molar refractivity (Wildman–Crippen MR) is 77.4 cm³/mol. The summed E-state index contributed by atoms with van der Waals surface area (Å²) in [5.41, 5.74) is 1.57. The van der Waals surface area contributed by atoms with Gasteiger partial charge in [-0.2, -0.15) is 0 Å². The number of hydrogen-bond acceptors (Lipinski definition) is 5. The Morgan fingerprint density at radius 1 is 1.29 bits per heavy atom. The van der Waals surface area contributed by atoms with E-state index in [0.29, 0.717) is 23.2 Å². The number of aromatic hydroxyl groups is 2. The number of phenols is 2. The highest BCUT2D eigenvalue weighted by Crippen LogP contribution is 2.38. The zero-order chi connectivity index (χ0) is 15.6. The van der Waals surface area contributed by atoms with Gasteiger partial charge in [-0.3, -0.25) is 4.79 Å². The standard InChI is InChI=1S/C15H18N2O4/c1-4-16-15(20)14-11(7-21-17-14)10-5-9(8(2)3)12(18)6-13(10)19/h5-8,18-19H,4H2,1-3H3,(H,16,20). The van der Waals surface area contributed by atoms with E-state index >= 15 is 0 Å². The lowest BCUT2D eigenvalue weighted by Gasteiger charge is -2.12. The van der Waals surface area contributed by atoms with E-state index in [1.807, 2.05) is 13.8 Å². The second-order valence-corrected chi connectivity index (χ2v) is 5.02. The zero-order valence-electron chi connectivity index (χ0n) is 12.2. The van der Waals surface area contributed by atoms with E-state index in [1.165, 1.54) is 12.3 Å². The zero-order valence-corrected chi connectivity index (χ0v) is 12.2. The summed E-state index contributed by atoms with van der Waals surface area (Å²) in [6.45, 7) is 6.11. The number of amides is 1. The molecule has 1 heterocycles. The summed E-state index contributed by atoms with van der Waals surface area (Å²) in [6, 6.07) is 2.91. The number of benzene rings is 1. The van der Waals surface area contributed by atoms with Crippen molar-refractivity contribution in [2.24, 2.45) is 0 Å². The molecule has 0 saturated heterocycles. The second-order valence-electron chi connectivity index (χ2n) is 5.02. The van der Waals surface area contributed by atoms with E-state index in [2.05, 4.69) is 10.5 Å². The van der Waals surface area contributed by atoms with Gasteiger partial charge in [-0.15, -0.1) is 0 Å². The molecule has 2 aromatic rings. The average Bonchev–Trinajstić information content (AvgIpc) is 2.87. The molecule has 0 saturated carbocycles. The fourth-order valence-corrected chi connectivity index (χ4v) is 2.11. The van der Waals surface area contributed by atoms with Crippen molar-refractivity contribution < 1.29 is 19.5 Å².